The van der Waals surface area contributed by atoms with Crippen LogP contribution in [0.1, 0.15) is 24.4 Å². The van der Waals surface area contributed by atoms with Crippen molar-refractivity contribution in [3.05, 3.63) is 41.8 Å². The fourth-order valence-electron chi connectivity index (χ4n) is 1.63. The molecule has 0 aliphatic rings. The Hall–Kier alpha value is -1.88. The van der Waals surface area contributed by atoms with E-state index in [-0.39, 0.29) is 6.04 Å². The molecule has 0 fully saturated rings. The molecule has 0 aliphatic heterocycles. The van der Waals surface area contributed by atoms with Gasteiger partial charge in [-0.1, -0.05) is 30.3 Å². The van der Waals surface area contributed by atoms with Gasteiger partial charge in [0.15, 0.2) is 0 Å². The van der Waals surface area contributed by atoms with Crippen LogP contribution < -0.4 is 10.6 Å². The van der Waals surface area contributed by atoms with Crippen LogP contribution >= 0.6 is 0 Å². The van der Waals surface area contributed by atoms with E-state index >= 15 is 0 Å². The lowest BCUT2D eigenvalue weighted by Crippen LogP contribution is -2.18. The Kier molecular flexibility index (Phi) is 3.94. The molecule has 0 radical (unpaired) electrons. The molecule has 5 heteroatoms. The quantitative estimate of drug-likeness (QED) is 0.870. The smallest absolute Gasteiger partial charge is 0.265 e. The summed E-state index contributed by atoms with van der Waals surface area (Å²) in [5.74, 6) is 1.06. The van der Waals surface area contributed by atoms with Crippen LogP contribution in [0.5, 0.6) is 0 Å². The van der Waals surface area contributed by atoms with E-state index in [2.05, 4.69) is 10.1 Å². The van der Waals surface area contributed by atoms with E-state index in [1.807, 2.05) is 49.2 Å². The van der Waals surface area contributed by atoms with E-state index in [1.54, 1.807) is 0 Å². The van der Waals surface area contributed by atoms with Crippen LogP contribution in [0.3, 0.4) is 0 Å². The van der Waals surface area contributed by atoms with E-state index in [1.165, 1.54) is 0 Å². The summed E-state index contributed by atoms with van der Waals surface area (Å²) in [5, 5.41) is 3.91. The van der Waals surface area contributed by atoms with E-state index in [4.69, 9.17) is 10.3 Å². The monoisotopic (exact) mass is 246 g/mol. The lowest BCUT2D eigenvalue weighted by molar-refractivity contribution is 0.353. The number of hydrogen-bond donors (Lipinski definition) is 1. The molecule has 18 heavy (non-hydrogen) atoms. The minimum Gasteiger partial charge on any atom is -0.342 e. The van der Waals surface area contributed by atoms with Crippen molar-refractivity contribution < 1.29 is 4.52 Å². The maximum Gasteiger partial charge on any atom is 0.265 e. The number of nitrogens with two attached hydrogens (primary N) is 1. The predicted octanol–water partition coefficient (Wildman–Crippen LogP) is 1.77. The van der Waals surface area contributed by atoms with Gasteiger partial charge in [-0.15, -0.1) is 0 Å². The molecule has 0 aliphatic carbocycles. The Morgan fingerprint density at radius 3 is 2.72 bits per heavy atom. The predicted molar refractivity (Wildman–Crippen MR) is 70.3 cm³/mol. The summed E-state index contributed by atoms with van der Waals surface area (Å²) in [4.78, 5) is 6.21. The van der Waals surface area contributed by atoms with Gasteiger partial charge < -0.3 is 15.2 Å². The number of benzene rings is 1. The molecular weight excluding hydrogens is 228 g/mol. The first kappa shape index (κ1) is 12.6. The Bertz CT molecular complexity index is 483. The Labute approximate surface area is 107 Å². The normalized spacial score (nSPS) is 12.4. The number of rotatable bonds is 5. The molecule has 0 saturated heterocycles. The zero-order valence-corrected chi connectivity index (χ0v) is 10.7. The summed E-state index contributed by atoms with van der Waals surface area (Å²) in [7, 11) is 1.91. The topological polar surface area (TPSA) is 68.2 Å². The highest BCUT2D eigenvalue weighted by Crippen LogP contribution is 2.16. The second kappa shape index (κ2) is 5.64. The molecule has 96 valence electrons. The molecule has 1 aromatic carbocycles. The zero-order valence-electron chi connectivity index (χ0n) is 10.7. The molecule has 5 nitrogen and oxygen atoms in total. The van der Waals surface area contributed by atoms with Crippen molar-refractivity contribution in [2.24, 2.45) is 5.73 Å². The van der Waals surface area contributed by atoms with Crippen molar-refractivity contribution in [3.63, 3.8) is 0 Å². The van der Waals surface area contributed by atoms with E-state index < -0.39 is 0 Å². The SMILES string of the molecule is CCN(C)c1noc(C(N)Cc2ccccc2)n1. The van der Waals surface area contributed by atoms with Gasteiger partial charge in [-0.25, -0.2) is 0 Å². The highest BCUT2D eigenvalue weighted by atomic mass is 16.5. The molecule has 2 rings (SSSR count). The average molecular weight is 246 g/mol. The Balaban J connectivity index is 2.05. The zero-order chi connectivity index (χ0) is 13.0. The molecule has 0 saturated carbocycles. The van der Waals surface area contributed by atoms with E-state index in [0.29, 0.717) is 18.3 Å². The molecule has 1 atom stereocenters. The molecule has 0 spiro atoms. The fourth-order valence-corrected chi connectivity index (χ4v) is 1.63. The van der Waals surface area contributed by atoms with Crippen LogP contribution in [0.25, 0.3) is 0 Å². The van der Waals surface area contributed by atoms with E-state index in [0.717, 1.165) is 12.1 Å². The van der Waals surface area contributed by atoms with Gasteiger partial charge in [0, 0.05) is 13.6 Å². The second-order valence-electron chi connectivity index (χ2n) is 4.24. The molecule has 1 unspecified atom stereocenters. The molecule has 2 aromatic rings. The first-order chi connectivity index (χ1) is 8.70. The van der Waals surface area contributed by atoms with Crippen molar-refractivity contribution in [1.82, 2.24) is 10.1 Å². The van der Waals surface area contributed by atoms with Crippen LogP contribution in [0.4, 0.5) is 5.95 Å². The molecule has 1 aromatic heterocycles. The molecule has 1 heterocycles. The van der Waals surface area contributed by atoms with E-state index in [9.17, 15) is 0 Å². The summed E-state index contributed by atoms with van der Waals surface area (Å²) < 4.78 is 5.19. The maximum absolute atomic E-state index is 6.07. The van der Waals surface area contributed by atoms with Crippen LogP contribution in [-0.4, -0.2) is 23.7 Å². The average Bonchev–Trinajstić information content (AvgIpc) is 2.88. The number of anilines is 1. The fraction of sp³-hybridized carbons (Fsp3) is 0.385. The summed E-state index contributed by atoms with van der Waals surface area (Å²) in [6.07, 6.45) is 0.693. The van der Waals surface area contributed by atoms with Gasteiger partial charge in [0.1, 0.15) is 0 Å². The lowest BCUT2D eigenvalue weighted by atomic mass is 10.1. The van der Waals surface area contributed by atoms with Gasteiger partial charge in [-0.2, -0.15) is 4.98 Å². The summed E-state index contributed by atoms with van der Waals surface area (Å²) >= 11 is 0. The minimum atomic E-state index is -0.265. The summed E-state index contributed by atoms with van der Waals surface area (Å²) in [5.41, 5.74) is 7.23. The second-order valence-corrected chi connectivity index (χ2v) is 4.24. The van der Waals surface area contributed by atoms with Gasteiger partial charge in [0.2, 0.25) is 5.89 Å². The first-order valence-electron chi connectivity index (χ1n) is 6.05. The van der Waals surface area contributed by atoms with Gasteiger partial charge >= 0.3 is 0 Å². The molecular formula is C13H18N4O. The van der Waals surface area contributed by atoms with Gasteiger partial charge in [-0.3, -0.25) is 0 Å². The molecule has 2 N–H and O–H groups in total. The number of hydrogen-bond acceptors (Lipinski definition) is 5. The third-order valence-corrected chi connectivity index (χ3v) is 2.86. The van der Waals surface area contributed by atoms with Crippen molar-refractivity contribution in [3.8, 4) is 0 Å². The highest BCUT2D eigenvalue weighted by Gasteiger charge is 2.16. The Morgan fingerprint density at radius 1 is 1.33 bits per heavy atom. The van der Waals surface area contributed by atoms with Crippen LogP contribution in [-0.2, 0) is 6.42 Å². The maximum atomic E-state index is 6.07. The third kappa shape index (κ3) is 2.87. The lowest BCUT2D eigenvalue weighted by Gasteiger charge is -2.09. The van der Waals surface area contributed by atoms with Crippen molar-refractivity contribution >= 4 is 5.95 Å². The Morgan fingerprint density at radius 2 is 2.06 bits per heavy atom. The molecule has 0 amide bonds. The molecule has 0 bridgehead atoms. The van der Waals surface area contributed by atoms with Crippen molar-refractivity contribution in [1.29, 1.82) is 0 Å². The van der Waals surface area contributed by atoms with Gasteiger partial charge in [0.25, 0.3) is 5.95 Å². The van der Waals surface area contributed by atoms with Crippen LogP contribution in [0, 0.1) is 0 Å². The van der Waals surface area contributed by atoms with Gasteiger partial charge in [-0.05, 0) is 24.1 Å². The third-order valence-electron chi connectivity index (χ3n) is 2.86. The summed E-state index contributed by atoms with van der Waals surface area (Å²) in [6, 6.07) is 9.78. The summed E-state index contributed by atoms with van der Waals surface area (Å²) in [6.45, 7) is 2.85. The number of aromatic nitrogens is 2. The minimum absolute atomic E-state index is 0.265. The largest absolute Gasteiger partial charge is 0.342 e. The number of nitrogens with zero attached hydrogens (tertiary/aromatic N) is 3. The van der Waals surface area contributed by atoms with Gasteiger partial charge in [0.05, 0.1) is 6.04 Å². The standard InChI is InChI=1S/C13H18N4O/c1-3-17(2)13-15-12(18-16-13)11(14)9-10-7-5-4-6-8-10/h4-8,11H,3,9,14H2,1-2H3. The highest BCUT2D eigenvalue weighted by molar-refractivity contribution is 5.26. The first-order valence-corrected chi connectivity index (χ1v) is 6.05. The van der Waals surface area contributed by atoms with Crippen molar-refractivity contribution in [2.45, 2.75) is 19.4 Å². The van der Waals surface area contributed by atoms with Crippen LogP contribution in [0.15, 0.2) is 34.9 Å². The van der Waals surface area contributed by atoms with Crippen molar-refractivity contribution in [2.75, 3.05) is 18.5 Å². The van der Waals surface area contributed by atoms with Crippen LogP contribution in [0.2, 0.25) is 0 Å².